The lowest BCUT2D eigenvalue weighted by Gasteiger charge is -2.15. The number of nitrogens with two attached hydrogens (primary N) is 1. The van der Waals surface area contributed by atoms with E-state index in [9.17, 15) is 9.59 Å². The Morgan fingerprint density at radius 1 is 1.41 bits per heavy atom. The van der Waals surface area contributed by atoms with Gasteiger partial charge in [0.15, 0.2) is 0 Å². The fraction of sp³-hybridized carbons (Fsp3) is 0.273. The molecular formula is C11H13ClN2O3. The molecule has 0 heterocycles. The summed E-state index contributed by atoms with van der Waals surface area (Å²) in [5.41, 5.74) is 6.66. The van der Waals surface area contributed by atoms with Gasteiger partial charge in [-0.05, 0) is 31.0 Å². The number of benzene rings is 1. The Morgan fingerprint density at radius 2 is 2.00 bits per heavy atom. The van der Waals surface area contributed by atoms with Crippen LogP contribution in [-0.2, 0) is 9.59 Å². The quantitative estimate of drug-likeness (QED) is 0.785. The van der Waals surface area contributed by atoms with E-state index in [1.54, 1.807) is 13.0 Å². The van der Waals surface area contributed by atoms with Crippen LogP contribution in [0.15, 0.2) is 6.07 Å². The second-order valence-corrected chi connectivity index (χ2v) is 3.91. The number of anilines is 1. The number of rotatable bonds is 2. The standard InChI is InChI=1S/C11H13ClN2O3/c1-5-4-7(17-3)9(6(2)8(5)12)14-11(16)10(13)15/h4H,1-3H3,(H2,13,15)(H,14,16). The molecule has 0 aromatic heterocycles. The molecule has 3 N–H and O–H groups in total. The molecule has 92 valence electrons. The molecule has 0 unspecified atom stereocenters. The van der Waals surface area contributed by atoms with E-state index in [1.807, 2.05) is 6.92 Å². The van der Waals surface area contributed by atoms with E-state index in [2.05, 4.69) is 5.32 Å². The fourth-order valence-electron chi connectivity index (χ4n) is 1.41. The van der Waals surface area contributed by atoms with Gasteiger partial charge in [-0.15, -0.1) is 0 Å². The number of hydrogen-bond acceptors (Lipinski definition) is 3. The van der Waals surface area contributed by atoms with E-state index < -0.39 is 11.8 Å². The molecule has 0 aliphatic rings. The third-order valence-corrected chi connectivity index (χ3v) is 2.91. The summed E-state index contributed by atoms with van der Waals surface area (Å²) in [7, 11) is 1.46. The van der Waals surface area contributed by atoms with E-state index >= 15 is 0 Å². The summed E-state index contributed by atoms with van der Waals surface area (Å²) >= 11 is 6.05. The van der Waals surface area contributed by atoms with Gasteiger partial charge in [-0.3, -0.25) is 9.59 Å². The molecular weight excluding hydrogens is 244 g/mol. The summed E-state index contributed by atoms with van der Waals surface area (Å²) in [4.78, 5) is 21.9. The molecule has 5 nitrogen and oxygen atoms in total. The molecule has 1 aromatic rings. The van der Waals surface area contributed by atoms with E-state index in [4.69, 9.17) is 22.1 Å². The minimum Gasteiger partial charge on any atom is -0.495 e. The van der Waals surface area contributed by atoms with Crippen molar-refractivity contribution in [1.82, 2.24) is 0 Å². The van der Waals surface area contributed by atoms with E-state index in [1.165, 1.54) is 7.11 Å². The molecule has 17 heavy (non-hydrogen) atoms. The van der Waals surface area contributed by atoms with Crippen LogP contribution >= 0.6 is 11.6 Å². The molecule has 6 heteroatoms. The highest BCUT2D eigenvalue weighted by molar-refractivity contribution is 6.39. The number of primary amides is 1. The zero-order valence-corrected chi connectivity index (χ0v) is 10.5. The molecule has 1 aromatic carbocycles. The molecule has 0 atom stereocenters. The summed E-state index contributed by atoms with van der Waals surface area (Å²) in [6.45, 7) is 3.53. The van der Waals surface area contributed by atoms with Crippen LogP contribution in [0.4, 0.5) is 5.69 Å². The maximum atomic E-state index is 11.2. The zero-order valence-electron chi connectivity index (χ0n) is 9.76. The summed E-state index contributed by atoms with van der Waals surface area (Å²) < 4.78 is 5.12. The fourth-order valence-corrected chi connectivity index (χ4v) is 1.56. The van der Waals surface area contributed by atoms with Crippen molar-refractivity contribution < 1.29 is 14.3 Å². The molecule has 0 fully saturated rings. The number of carbonyl (C=O) groups excluding carboxylic acids is 2. The first-order valence-corrected chi connectivity index (χ1v) is 5.20. The normalized spacial score (nSPS) is 9.88. The van der Waals surface area contributed by atoms with E-state index in [0.717, 1.165) is 5.56 Å². The maximum Gasteiger partial charge on any atom is 0.313 e. The predicted molar refractivity (Wildman–Crippen MR) is 65.3 cm³/mol. The van der Waals surface area contributed by atoms with Gasteiger partial charge in [0.2, 0.25) is 0 Å². The number of methoxy groups -OCH3 is 1. The lowest BCUT2D eigenvalue weighted by atomic mass is 10.1. The summed E-state index contributed by atoms with van der Waals surface area (Å²) in [5, 5.41) is 2.88. The molecule has 0 bridgehead atoms. The zero-order chi connectivity index (χ0) is 13.2. The molecule has 0 radical (unpaired) electrons. The van der Waals surface area contributed by atoms with E-state index in [0.29, 0.717) is 22.0 Å². The lowest BCUT2D eigenvalue weighted by Crippen LogP contribution is -2.30. The van der Waals surface area contributed by atoms with Crippen molar-refractivity contribution in [2.75, 3.05) is 12.4 Å². The minimum absolute atomic E-state index is 0.354. The molecule has 0 saturated heterocycles. The molecule has 1 rings (SSSR count). The Morgan fingerprint density at radius 3 is 2.47 bits per heavy atom. The van der Waals surface area contributed by atoms with Crippen LogP contribution in [0, 0.1) is 13.8 Å². The van der Waals surface area contributed by atoms with Crippen molar-refractivity contribution in [1.29, 1.82) is 0 Å². The Labute approximate surface area is 104 Å². The first kappa shape index (κ1) is 13.3. The highest BCUT2D eigenvalue weighted by Crippen LogP contribution is 2.35. The van der Waals surface area contributed by atoms with Crippen molar-refractivity contribution in [3.05, 3.63) is 22.2 Å². The first-order valence-electron chi connectivity index (χ1n) is 4.83. The van der Waals surface area contributed by atoms with Crippen LogP contribution in [0.25, 0.3) is 0 Å². The van der Waals surface area contributed by atoms with Gasteiger partial charge in [-0.1, -0.05) is 11.6 Å². The third-order valence-electron chi connectivity index (χ3n) is 2.33. The van der Waals surface area contributed by atoms with Gasteiger partial charge >= 0.3 is 11.8 Å². The summed E-state index contributed by atoms with van der Waals surface area (Å²) in [6.07, 6.45) is 0. The van der Waals surface area contributed by atoms with Crippen LogP contribution in [0.5, 0.6) is 5.75 Å². The van der Waals surface area contributed by atoms with Crippen molar-refractivity contribution in [3.8, 4) is 5.75 Å². The van der Waals surface area contributed by atoms with Crippen molar-refractivity contribution in [2.45, 2.75) is 13.8 Å². The number of ether oxygens (including phenoxy) is 1. The lowest BCUT2D eigenvalue weighted by molar-refractivity contribution is -0.134. The van der Waals surface area contributed by atoms with Gasteiger partial charge in [0.1, 0.15) is 5.75 Å². The van der Waals surface area contributed by atoms with Crippen LogP contribution in [0.3, 0.4) is 0 Å². The first-order chi connectivity index (χ1) is 7.88. The summed E-state index contributed by atoms with van der Waals surface area (Å²) in [5.74, 6) is -1.55. The van der Waals surface area contributed by atoms with Gasteiger partial charge in [0.25, 0.3) is 0 Å². The number of hydrogen-bond donors (Lipinski definition) is 2. The van der Waals surface area contributed by atoms with Gasteiger partial charge in [-0.25, -0.2) is 0 Å². The molecule has 0 spiro atoms. The van der Waals surface area contributed by atoms with Crippen LogP contribution in [0.1, 0.15) is 11.1 Å². The smallest absolute Gasteiger partial charge is 0.313 e. The molecule has 0 saturated carbocycles. The molecule has 0 aliphatic carbocycles. The minimum atomic E-state index is -1.07. The van der Waals surface area contributed by atoms with Crippen molar-refractivity contribution in [3.63, 3.8) is 0 Å². The average Bonchev–Trinajstić information content (AvgIpc) is 2.29. The topological polar surface area (TPSA) is 81.4 Å². The second kappa shape index (κ2) is 5.05. The largest absolute Gasteiger partial charge is 0.495 e. The number of amides is 2. The highest BCUT2D eigenvalue weighted by Gasteiger charge is 2.17. The summed E-state index contributed by atoms with van der Waals surface area (Å²) in [6, 6.07) is 1.67. The maximum absolute atomic E-state index is 11.2. The van der Waals surface area contributed by atoms with Gasteiger partial charge in [-0.2, -0.15) is 0 Å². The average molecular weight is 257 g/mol. The number of halogens is 1. The second-order valence-electron chi connectivity index (χ2n) is 3.53. The van der Waals surface area contributed by atoms with Crippen molar-refractivity contribution >= 4 is 29.1 Å². The predicted octanol–water partition coefficient (Wildman–Crippen LogP) is 1.39. The van der Waals surface area contributed by atoms with Crippen molar-refractivity contribution in [2.24, 2.45) is 5.73 Å². The highest BCUT2D eigenvalue weighted by atomic mass is 35.5. The van der Waals surface area contributed by atoms with Gasteiger partial charge in [0, 0.05) is 5.02 Å². The number of carbonyl (C=O) groups is 2. The van der Waals surface area contributed by atoms with E-state index in [-0.39, 0.29) is 0 Å². The van der Waals surface area contributed by atoms with Gasteiger partial charge in [0.05, 0.1) is 12.8 Å². The monoisotopic (exact) mass is 256 g/mol. The van der Waals surface area contributed by atoms with Gasteiger partial charge < -0.3 is 15.8 Å². The third kappa shape index (κ3) is 2.68. The van der Waals surface area contributed by atoms with Crippen LogP contribution in [0.2, 0.25) is 5.02 Å². The van der Waals surface area contributed by atoms with Crippen LogP contribution < -0.4 is 15.8 Å². The number of aryl methyl sites for hydroxylation is 1. The Kier molecular flexibility index (Phi) is 3.96. The Balaban J connectivity index is 3.26. The Bertz CT molecular complexity index is 486. The molecule has 0 aliphatic heterocycles. The molecule has 2 amide bonds. The SMILES string of the molecule is COc1cc(C)c(Cl)c(C)c1NC(=O)C(N)=O. The van der Waals surface area contributed by atoms with Crippen LogP contribution in [-0.4, -0.2) is 18.9 Å². The Hall–Kier alpha value is -1.75. The number of nitrogens with one attached hydrogen (secondary N) is 1.